The summed E-state index contributed by atoms with van der Waals surface area (Å²) < 4.78 is 11.4. The molecule has 24 heavy (non-hydrogen) atoms. The summed E-state index contributed by atoms with van der Waals surface area (Å²) in [5, 5.41) is 11.4. The van der Waals surface area contributed by atoms with Crippen LogP contribution in [0.15, 0.2) is 24.3 Å². The predicted octanol–water partition coefficient (Wildman–Crippen LogP) is 4.30. The Morgan fingerprint density at radius 3 is 2.54 bits per heavy atom. The number of ether oxygens (including phenoxy) is 1. The first-order chi connectivity index (χ1) is 11.1. The molecule has 0 aromatic rings. The van der Waals surface area contributed by atoms with E-state index in [1.807, 2.05) is 18.4 Å². The second-order valence-electron chi connectivity index (χ2n) is 7.50. The first-order valence-corrected chi connectivity index (χ1v) is 11.9. The Bertz CT molecular complexity index is 476. The summed E-state index contributed by atoms with van der Waals surface area (Å²) in [5.74, 6) is 0. The molecule has 3 unspecified atom stereocenters. The zero-order valence-corrected chi connectivity index (χ0v) is 17.4. The van der Waals surface area contributed by atoms with Crippen LogP contribution >= 0.6 is 11.8 Å². The molecular formula is C17H30NO4SSi. The molecule has 0 saturated carbocycles. The first-order valence-electron chi connectivity index (χ1n) is 8.23. The van der Waals surface area contributed by atoms with Gasteiger partial charge >= 0.3 is 0 Å². The van der Waals surface area contributed by atoms with Crippen LogP contribution in [0.3, 0.4) is 0 Å². The first kappa shape index (κ1) is 21.4. The van der Waals surface area contributed by atoms with E-state index in [0.717, 1.165) is 12.8 Å². The third-order valence-corrected chi connectivity index (χ3v) is 5.87. The van der Waals surface area contributed by atoms with Crippen LogP contribution in [0.25, 0.3) is 0 Å². The minimum atomic E-state index is -0.905. The van der Waals surface area contributed by atoms with E-state index in [1.54, 1.807) is 12.2 Å². The van der Waals surface area contributed by atoms with Crippen LogP contribution in [0.5, 0.6) is 0 Å². The van der Waals surface area contributed by atoms with Crippen LogP contribution in [-0.2, 0) is 9.16 Å². The Labute approximate surface area is 151 Å². The number of thioether (sulfide) groups is 1. The molecular weight excluding hydrogens is 342 g/mol. The lowest BCUT2D eigenvalue weighted by molar-refractivity contribution is -0.514. The maximum Gasteiger partial charge on any atom is 0.251 e. The van der Waals surface area contributed by atoms with Crippen molar-refractivity contribution in [3.63, 3.8) is 0 Å². The number of nitrogens with zero attached hydrogens (tertiary/aromatic N) is 1. The molecule has 0 aliphatic heterocycles. The van der Waals surface area contributed by atoms with E-state index in [9.17, 15) is 10.1 Å². The summed E-state index contributed by atoms with van der Waals surface area (Å²) in [7, 11) is -0.905. The molecule has 0 spiro atoms. The van der Waals surface area contributed by atoms with E-state index in [0.29, 0.717) is 0 Å². The average molecular weight is 373 g/mol. The molecule has 0 saturated heterocycles. The van der Waals surface area contributed by atoms with Crippen molar-refractivity contribution in [1.29, 1.82) is 0 Å². The largest absolute Gasteiger partial charge is 0.393 e. The van der Waals surface area contributed by atoms with Gasteiger partial charge in [-0.05, 0) is 43.7 Å². The van der Waals surface area contributed by atoms with Crippen LogP contribution in [0.2, 0.25) is 13.1 Å². The van der Waals surface area contributed by atoms with Crippen molar-refractivity contribution in [2.24, 2.45) is 5.41 Å². The molecule has 0 aromatic carbocycles. The van der Waals surface area contributed by atoms with Gasteiger partial charge in [-0.3, -0.25) is 10.1 Å². The van der Waals surface area contributed by atoms with Crippen molar-refractivity contribution in [3.8, 4) is 0 Å². The monoisotopic (exact) mass is 372 g/mol. The SMILES string of the molecule is CSC1(COC(CCC(C)(C)C)O[Si](C)C)C=CC=CC1[N+](=O)[O-]. The topological polar surface area (TPSA) is 61.6 Å². The van der Waals surface area contributed by atoms with E-state index in [1.165, 1.54) is 11.8 Å². The third kappa shape index (κ3) is 6.70. The molecule has 0 heterocycles. The molecule has 5 nitrogen and oxygen atoms in total. The van der Waals surface area contributed by atoms with Gasteiger partial charge < -0.3 is 9.16 Å². The van der Waals surface area contributed by atoms with Gasteiger partial charge in [-0.2, -0.15) is 0 Å². The standard InChI is InChI=1S/C17H30NO4SSi/c1-16(2,3)12-10-15(22-24(5)6)21-13-17(23-4)11-8-7-9-14(17)18(19)20/h7-9,11,14-15H,10,12-13H2,1-6H3. The van der Waals surface area contributed by atoms with Crippen molar-refractivity contribution < 1.29 is 14.1 Å². The molecule has 0 fully saturated rings. The summed E-state index contributed by atoms with van der Waals surface area (Å²) in [6, 6.07) is -0.784. The molecule has 1 aliphatic rings. The Morgan fingerprint density at radius 2 is 2.04 bits per heavy atom. The van der Waals surface area contributed by atoms with Gasteiger partial charge in [0, 0.05) is 4.92 Å². The van der Waals surface area contributed by atoms with Gasteiger partial charge in [-0.15, -0.1) is 11.8 Å². The van der Waals surface area contributed by atoms with Crippen molar-refractivity contribution in [2.75, 3.05) is 12.9 Å². The Morgan fingerprint density at radius 1 is 1.38 bits per heavy atom. The van der Waals surface area contributed by atoms with E-state index in [-0.39, 0.29) is 23.2 Å². The lowest BCUT2D eigenvalue weighted by Crippen LogP contribution is -2.47. The van der Waals surface area contributed by atoms with Crippen molar-refractivity contribution >= 4 is 20.8 Å². The Balaban J connectivity index is 2.79. The number of allylic oxidation sites excluding steroid dienone is 2. The molecule has 1 radical (unpaired) electrons. The van der Waals surface area contributed by atoms with E-state index in [4.69, 9.17) is 9.16 Å². The summed E-state index contributed by atoms with van der Waals surface area (Å²) in [6.07, 6.45) is 10.5. The lowest BCUT2D eigenvalue weighted by Gasteiger charge is -2.33. The minimum Gasteiger partial charge on any atom is -0.393 e. The smallest absolute Gasteiger partial charge is 0.251 e. The zero-order chi connectivity index (χ0) is 18.4. The number of nitro groups is 1. The number of rotatable bonds is 9. The minimum absolute atomic E-state index is 0.202. The summed E-state index contributed by atoms with van der Waals surface area (Å²) in [4.78, 5) is 11.2. The maximum atomic E-state index is 11.4. The highest BCUT2D eigenvalue weighted by Gasteiger charge is 2.45. The van der Waals surface area contributed by atoms with Gasteiger partial charge in [0.25, 0.3) is 6.04 Å². The molecule has 137 valence electrons. The third-order valence-electron chi connectivity index (χ3n) is 3.88. The molecule has 7 heteroatoms. The summed E-state index contributed by atoms with van der Waals surface area (Å²) in [5.41, 5.74) is 0.202. The molecule has 1 rings (SSSR count). The Kier molecular flexibility index (Phi) is 8.18. The van der Waals surface area contributed by atoms with E-state index in [2.05, 4.69) is 33.9 Å². The van der Waals surface area contributed by atoms with E-state index >= 15 is 0 Å². The second-order valence-corrected chi connectivity index (χ2v) is 10.7. The Hall–Kier alpha value is -0.633. The van der Waals surface area contributed by atoms with Crippen LogP contribution < -0.4 is 0 Å². The van der Waals surface area contributed by atoms with Crippen LogP contribution in [0, 0.1) is 15.5 Å². The molecule has 0 bridgehead atoms. The van der Waals surface area contributed by atoms with E-state index < -0.39 is 19.8 Å². The summed E-state index contributed by atoms with van der Waals surface area (Å²) >= 11 is 1.46. The summed E-state index contributed by atoms with van der Waals surface area (Å²) in [6.45, 7) is 11.0. The fourth-order valence-electron chi connectivity index (χ4n) is 2.49. The average Bonchev–Trinajstić information content (AvgIpc) is 2.48. The van der Waals surface area contributed by atoms with Crippen molar-refractivity contribution in [3.05, 3.63) is 34.4 Å². The fourth-order valence-corrected chi connectivity index (χ4v) is 4.01. The predicted molar refractivity (Wildman–Crippen MR) is 102 cm³/mol. The maximum absolute atomic E-state index is 11.4. The molecule has 0 aromatic heterocycles. The molecule has 0 N–H and O–H groups in total. The highest BCUT2D eigenvalue weighted by atomic mass is 32.2. The normalized spacial score (nSPS) is 25.2. The fraction of sp³-hybridized carbons (Fsp3) is 0.765. The van der Waals surface area contributed by atoms with Gasteiger partial charge in [0.15, 0.2) is 0 Å². The molecule has 1 aliphatic carbocycles. The van der Waals surface area contributed by atoms with Crippen LogP contribution in [0.4, 0.5) is 0 Å². The van der Waals surface area contributed by atoms with Crippen LogP contribution in [0.1, 0.15) is 33.6 Å². The number of hydrogen-bond acceptors (Lipinski definition) is 5. The van der Waals surface area contributed by atoms with Gasteiger partial charge in [0.2, 0.25) is 9.04 Å². The van der Waals surface area contributed by atoms with Gasteiger partial charge in [-0.25, -0.2) is 0 Å². The lowest BCUT2D eigenvalue weighted by atomic mass is 9.90. The van der Waals surface area contributed by atoms with Gasteiger partial charge in [0.1, 0.15) is 11.0 Å². The number of hydrogen-bond donors (Lipinski definition) is 0. The van der Waals surface area contributed by atoms with Crippen molar-refractivity contribution in [1.82, 2.24) is 0 Å². The second kappa shape index (κ2) is 9.17. The van der Waals surface area contributed by atoms with Gasteiger partial charge in [-0.1, -0.05) is 39.0 Å². The molecule has 3 atom stereocenters. The zero-order valence-electron chi connectivity index (χ0n) is 15.6. The van der Waals surface area contributed by atoms with Crippen LogP contribution in [-0.4, -0.2) is 43.9 Å². The van der Waals surface area contributed by atoms with Crippen molar-refractivity contribution in [2.45, 2.75) is 63.8 Å². The highest BCUT2D eigenvalue weighted by Crippen LogP contribution is 2.35. The quantitative estimate of drug-likeness (QED) is 0.261. The highest BCUT2D eigenvalue weighted by molar-refractivity contribution is 8.00. The molecule has 0 amide bonds. The van der Waals surface area contributed by atoms with Gasteiger partial charge in [0.05, 0.1) is 6.61 Å².